The zero-order valence-electron chi connectivity index (χ0n) is 10.7. The monoisotopic (exact) mass is 288 g/mol. The number of carbonyl (C=O) groups excluding carboxylic acids is 1. The third kappa shape index (κ3) is 2.30. The summed E-state index contributed by atoms with van der Waals surface area (Å²) < 4.78 is 5.37. The maximum Gasteiger partial charge on any atom is 0.199 e. The Kier molecular flexibility index (Phi) is 3.47. The van der Waals surface area contributed by atoms with Crippen LogP contribution in [-0.4, -0.2) is 16.8 Å². The lowest BCUT2D eigenvalue weighted by Gasteiger charge is -2.08. The first-order valence-electron chi connectivity index (χ1n) is 6.39. The van der Waals surface area contributed by atoms with Gasteiger partial charge in [0.05, 0.1) is 5.56 Å². The molecule has 1 N–H and O–H groups in total. The van der Waals surface area contributed by atoms with Gasteiger partial charge in [0.25, 0.3) is 0 Å². The largest absolute Gasteiger partial charge is 0.448 e. The molecular weight excluding hydrogens is 276 g/mol. The van der Waals surface area contributed by atoms with Gasteiger partial charge in [-0.05, 0) is 23.6 Å². The minimum absolute atomic E-state index is 0.345. The Labute approximate surface area is 121 Å². The first kappa shape index (κ1) is 13.2. The van der Waals surface area contributed by atoms with E-state index in [2.05, 4.69) is 0 Å². The maximum absolute atomic E-state index is 12.3. The van der Waals surface area contributed by atoms with E-state index in [1.54, 1.807) is 30.3 Å². The number of hydrogen-bond acceptors (Lipinski definition) is 3. The fraction of sp³-hybridized carbons (Fsp3) is 0.188. The lowest BCUT2D eigenvalue weighted by Crippen LogP contribution is -2.11. The molecule has 0 saturated heterocycles. The minimum atomic E-state index is -1.16. The number of aliphatic hydroxyl groups excluding tert-OH is 1. The number of ether oxygens (including phenoxy) is 1. The second-order valence-corrected chi connectivity index (χ2v) is 5.03. The van der Waals surface area contributed by atoms with Gasteiger partial charge < -0.3 is 9.84 Å². The van der Waals surface area contributed by atoms with Gasteiger partial charge in [0.15, 0.2) is 17.3 Å². The first-order chi connectivity index (χ1) is 9.72. The van der Waals surface area contributed by atoms with Crippen molar-refractivity contribution < 1.29 is 14.6 Å². The molecule has 0 aromatic heterocycles. The number of aliphatic hydroxyl groups is 1. The molecule has 0 spiro atoms. The molecule has 1 aliphatic heterocycles. The summed E-state index contributed by atoms with van der Waals surface area (Å²) in [6.07, 6.45) is -0.456. The van der Waals surface area contributed by atoms with Gasteiger partial charge in [-0.3, -0.25) is 4.79 Å². The van der Waals surface area contributed by atoms with Crippen LogP contribution in [0.3, 0.4) is 0 Å². The van der Waals surface area contributed by atoms with Crippen LogP contribution in [0.2, 0.25) is 0 Å². The van der Waals surface area contributed by atoms with E-state index in [-0.39, 0.29) is 5.78 Å². The standard InChI is InChI=1S/C16H13ClO3/c17-9-8-11-6-7-12(16-15(11)20-16)14(19)13(18)10-4-2-1-3-5-10/h1-7,13,18H,8-9H2. The van der Waals surface area contributed by atoms with Crippen LogP contribution in [0.25, 0.3) is 0 Å². The van der Waals surface area contributed by atoms with Gasteiger partial charge >= 0.3 is 0 Å². The number of alkyl halides is 1. The predicted molar refractivity (Wildman–Crippen MR) is 76.7 cm³/mol. The highest BCUT2D eigenvalue weighted by Crippen LogP contribution is 2.51. The molecule has 0 aliphatic carbocycles. The molecule has 102 valence electrons. The number of aryl methyl sites for hydroxylation is 1. The summed E-state index contributed by atoms with van der Waals surface area (Å²) in [5, 5.41) is 10.1. The second-order valence-electron chi connectivity index (χ2n) is 4.65. The van der Waals surface area contributed by atoms with Gasteiger partial charge in [-0.25, -0.2) is 0 Å². The summed E-state index contributed by atoms with van der Waals surface area (Å²) in [5.74, 6) is 1.47. The van der Waals surface area contributed by atoms with Gasteiger partial charge in [-0.15, -0.1) is 11.6 Å². The van der Waals surface area contributed by atoms with E-state index >= 15 is 0 Å². The molecule has 3 nitrogen and oxygen atoms in total. The molecule has 1 unspecified atom stereocenters. The Morgan fingerprint density at radius 3 is 2.60 bits per heavy atom. The molecule has 0 amide bonds. The molecule has 0 saturated carbocycles. The van der Waals surface area contributed by atoms with E-state index in [0.717, 1.165) is 11.3 Å². The van der Waals surface area contributed by atoms with Crippen molar-refractivity contribution in [1.82, 2.24) is 0 Å². The van der Waals surface area contributed by atoms with E-state index in [1.807, 2.05) is 12.1 Å². The molecule has 4 heteroatoms. The summed E-state index contributed by atoms with van der Waals surface area (Å²) in [5.41, 5.74) is 2.01. The van der Waals surface area contributed by atoms with E-state index in [1.165, 1.54) is 0 Å². The van der Waals surface area contributed by atoms with Crippen LogP contribution in [0.1, 0.15) is 27.6 Å². The van der Waals surface area contributed by atoms with Crippen LogP contribution in [-0.2, 0) is 6.42 Å². The molecule has 1 atom stereocenters. The Hall–Kier alpha value is -1.84. The Bertz CT molecular complexity index is 652. The van der Waals surface area contributed by atoms with Gasteiger partial charge in [0.1, 0.15) is 6.10 Å². The summed E-state index contributed by atoms with van der Waals surface area (Å²) >= 11 is 5.70. The van der Waals surface area contributed by atoms with E-state index < -0.39 is 6.10 Å². The summed E-state index contributed by atoms with van der Waals surface area (Å²) in [4.78, 5) is 12.3. The lowest BCUT2D eigenvalue weighted by molar-refractivity contribution is 0.0747. The normalized spacial score (nSPS) is 13.3. The fourth-order valence-electron chi connectivity index (χ4n) is 2.23. The van der Waals surface area contributed by atoms with E-state index in [9.17, 15) is 9.90 Å². The highest BCUT2D eigenvalue weighted by molar-refractivity contribution is 6.18. The number of benzene rings is 2. The zero-order valence-corrected chi connectivity index (χ0v) is 11.4. The molecule has 0 bridgehead atoms. The molecule has 0 fully saturated rings. The summed E-state index contributed by atoms with van der Waals surface area (Å²) in [6, 6.07) is 12.4. The third-order valence-electron chi connectivity index (χ3n) is 3.35. The Balaban J connectivity index is 1.86. The molecule has 3 rings (SSSR count). The van der Waals surface area contributed by atoms with Gasteiger partial charge in [0, 0.05) is 5.88 Å². The summed E-state index contributed by atoms with van der Waals surface area (Å²) in [7, 11) is 0. The summed E-state index contributed by atoms with van der Waals surface area (Å²) in [6.45, 7) is 0. The van der Waals surface area contributed by atoms with E-state index in [4.69, 9.17) is 16.3 Å². The maximum atomic E-state index is 12.3. The number of halogens is 1. The fourth-order valence-corrected chi connectivity index (χ4v) is 2.43. The Morgan fingerprint density at radius 1 is 1.15 bits per heavy atom. The van der Waals surface area contributed by atoms with Gasteiger partial charge in [-0.2, -0.15) is 0 Å². The highest BCUT2D eigenvalue weighted by atomic mass is 35.5. The van der Waals surface area contributed by atoms with Crippen LogP contribution >= 0.6 is 11.6 Å². The van der Waals surface area contributed by atoms with Crippen LogP contribution in [0.15, 0.2) is 42.5 Å². The second kappa shape index (κ2) is 5.27. The predicted octanol–water partition coefficient (Wildman–Crippen LogP) is 3.49. The smallest absolute Gasteiger partial charge is 0.199 e. The average molecular weight is 289 g/mol. The van der Waals surface area contributed by atoms with E-state index in [0.29, 0.717) is 29.2 Å². The van der Waals surface area contributed by atoms with Crippen LogP contribution in [0.4, 0.5) is 0 Å². The average Bonchev–Trinajstić information content (AvgIpc) is 3.28. The Morgan fingerprint density at radius 2 is 1.90 bits per heavy atom. The molecule has 1 aliphatic rings. The van der Waals surface area contributed by atoms with Crippen molar-refractivity contribution in [2.75, 3.05) is 5.88 Å². The van der Waals surface area contributed by atoms with Crippen LogP contribution < -0.4 is 4.74 Å². The minimum Gasteiger partial charge on any atom is -0.448 e. The zero-order chi connectivity index (χ0) is 14.1. The number of ketones is 1. The van der Waals surface area contributed by atoms with Crippen LogP contribution in [0.5, 0.6) is 11.5 Å². The van der Waals surface area contributed by atoms with Crippen molar-refractivity contribution in [3.8, 4) is 11.5 Å². The van der Waals surface area contributed by atoms with Crippen molar-refractivity contribution in [2.45, 2.75) is 12.5 Å². The molecule has 2 aromatic carbocycles. The molecule has 0 radical (unpaired) electrons. The number of fused-ring (bicyclic) bond motifs is 1. The number of Topliss-reactive ketones (excluding diaryl/α,β-unsaturated/α-hetero) is 1. The molecular formula is C16H13ClO3. The molecule has 1 heterocycles. The molecule has 2 aromatic rings. The van der Waals surface area contributed by atoms with Crippen LogP contribution in [0, 0.1) is 0 Å². The van der Waals surface area contributed by atoms with Crippen molar-refractivity contribution in [2.24, 2.45) is 0 Å². The van der Waals surface area contributed by atoms with Gasteiger partial charge in [-0.1, -0.05) is 36.4 Å². The SMILES string of the molecule is O=C(c1ccc(CCCl)c2c1O2)C(O)c1ccccc1. The van der Waals surface area contributed by atoms with Crippen molar-refractivity contribution >= 4 is 17.4 Å². The first-order valence-corrected chi connectivity index (χ1v) is 6.92. The third-order valence-corrected chi connectivity index (χ3v) is 3.54. The number of hydrogen-bond donors (Lipinski definition) is 1. The number of carbonyl (C=O) groups is 1. The number of rotatable bonds is 5. The van der Waals surface area contributed by atoms with Crippen molar-refractivity contribution in [3.63, 3.8) is 0 Å². The van der Waals surface area contributed by atoms with Crippen molar-refractivity contribution in [1.29, 1.82) is 0 Å². The van der Waals surface area contributed by atoms with Crippen molar-refractivity contribution in [3.05, 3.63) is 59.2 Å². The quantitative estimate of drug-likeness (QED) is 0.444. The highest BCUT2D eigenvalue weighted by Gasteiger charge is 2.33. The van der Waals surface area contributed by atoms with Gasteiger partial charge in [0.2, 0.25) is 0 Å². The lowest BCUT2D eigenvalue weighted by atomic mass is 9.99. The topological polar surface area (TPSA) is 49.8 Å². The molecule has 20 heavy (non-hydrogen) atoms.